The van der Waals surface area contributed by atoms with Gasteiger partial charge in [0.15, 0.2) is 5.84 Å². The first kappa shape index (κ1) is 12.6. The molecule has 102 valence electrons. The summed E-state index contributed by atoms with van der Waals surface area (Å²) in [5.41, 5.74) is 0.675. The molecule has 1 aromatic carbocycles. The largest absolute Gasteiger partial charge is 0.393 e. The number of fused-ring (bicyclic) bond motifs is 1. The second kappa shape index (κ2) is 4.31. The van der Waals surface area contributed by atoms with E-state index < -0.39 is 10.0 Å². The Kier molecular flexibility index (Phi) is 2.87. The Bertz CT molecular complexity index is 637. The molecule has 2 heterocycles. The van der Waals surface area contributed by atoms with E-state index in [1.54, 1.807) is 25.1 Å². The standard InChI is InChI=1S/C13H16N2O3S/c1-9(16)10-6-7-15(8-10)13-11-4-2-3-5-12(11)19(17,18)14-13/h2-5,9-10,16H,6-8H2,1H3. The Morgan fingerprint density at radius 3 is 2.84 bits per heavy atom. The van der Waals surface area contributed by atoms with Crippen LogP contribution in [0.2, 0.25) is 0 Å². The van der Waals surface area contributed by atoms with Crippen LogP contribution in [-0.4, -0.2) is 43.5 Å². The second-order valence-electron chi connectivity index (χ2n) is 5.12. The molecule has 0 saturated carbocycles. The van der Waals surface area contributed by atoms with Gasteiger partial charge in [-0.2, -0.15) is 8.42 Å². The third-order valence-corrected chi connectivity index (χ3v) is 5.14. The van der Waals surface area contributed by atoms with Gasteiger partial charge in [-0.1, -0.05) is 12.1 Å². The molecular weight excluding hydrogens is 264 g/mol. The molecule has 19 heavy (non-hydrogen) atoms. The molecule has 1 N–H and O–H groups in total. The van der Waals surface area contributed by atoms with Gasteiger partial charge in [-0.05, 0) is 25.5 Å². The van der Waals surface area contributed by atoms with Crippen LogP contribution in [0.3, 0.4) is 0 Å². The monoisotopic (exact) mass is 280 g/mol. The van der Waals surface area contributed by atoms with Gasteiger partial charge in [-0.25, -0.2) is 0 Å². The number of amidine groups is 1. The van der Waals surface area contributed by atoms with Crippen LogP contribution >= 0.6 is 0 Å². The van der Waals surface area contributed by atoms with Crippen LogP contribution in [0.4, 0.5) is 0 Å². The molecule has 3 rings (SSSR count). The normalized spacial score (nSPS) is 26.1. The molecule has 0 spiro atoms. The van der Waals surface area contributed by atoms with Crippen molar-refractivity contribution >= 4 is 15.9 Å². The Labute approximate surface area is 112 Å². The van der Waals surface area contributed by atoms with E-state index >= 15 is 0 Å². The number of nitrogens with zero attached hydrogens (tertiary/aromatic N) is 2. The van der Waals surface area contributed by atoms with E-state index in [4.69, 9.17) is 0 Å². The molecule has 2 unspecified atom stereocenters. The summed E-state index contributed by atoms with van der Waals surface area (Å²) in [7, 11) is -3.55. The first-order valence-electron chi connectivity index (χ1n) is 6.36. The fraction of sp³-hybridized carbons (Fsp3) is 0.462. The van der Waals surface area contributed by atoms with Crippen LogP contribution in [-0.2, 0) is 10.0 Å². The number of likely N-dealkylation sites (tertiary alicyclic amines) is 1. The maximum atomic E-state index is 12.0. The maximum absolute atomic E-state index is 12.0. The number of aliphatic hydroxyl groups is 1. The summed E-state index contributed by atoms with van der Waals surface area (Å²) < 4.78 is 27.8. The van der Waals surface area contributed by atoms with Gasteiger partial charge in [0, 0.05) is 24.6 Å². The smallest absolute Gasteiger partial charge is 0.285 e. The Hall–Kier alpha value is -1.40. The van der Waals surface area contributed by atoms with Crippen molar-refractivity contribution in [3.8, 4) is 0 Å². The fourth-order valence-corrected chi connectivity index (χ4v) is 3.92. The van der Waals surface area contributed by atoms with Crippen molar-refractivity contribution in [3.63, 3.8) is 0 Å². The summed E-state index contributed by atoms with van der Waals surface area (Å²) in [6.45, 7) is 3.16. The summed E-state index contributed by atoms with van der Waals surface area (Å²) in [4.78, 5) is 2.24. The average molecular weight is 280 g/mol. The molecule has 0 aromatic heterocycles. The Balaban J connectivity index is 1.96. The number of hydrogen-bond acceptors (Lipinski definition) is 4. The molecule has 6 heteroatoms. The SMILES string of the molecule is CC(O)C1CCN(C2=NS(=O)(=O)c3ccccc32)C1. The van der Waals surface area contributed by atoms with Crippen molar-refractivity contribution in [3.05, 3.63) is 29.8 Å². The number of benzene rings is 1. The first-order valence-corrected chi connectivity index (χ1v) is 7.80. The van der Waals surface area contributed by atoms with Crippen LogP contribution < -0.4 is 0 Å². The van der Waals surface area contributed by atoms with E-state index in [0.717, 1.165) is 13.0 Å². The Morgan fingerprint density at radius 2 is 2.16 bits per heavy atom. The predicted molar refractivity (Wildman–Crippen MR) is 71.5 cm³/mol. The summed E-state index contributed by atoms with van der Waals surface area (Å²) in [5.74, 6) is 0.705. The molecule has 5 nitrogen and oxygen atoms in total. The molecule has 0 bridgehead atoms. The van der Waals surface area contributed by atoms with E-state index in [1.165, 1.54) is 0 Å². The van der Waals surface area contributed by atoms with Crippen molar-refractivity contribution in [1.29, 1.82) is 0 Å². The fourth-order valence-electron chi connectivity index (χ4n) is 2.69. The van der Waals surface area contributed by atoms with E-state index in [0.29, 0.717) is 17.9 Å². The third kappa shape index (κ3) is 2.04. The van der Waals surface area contributed by atoms with E-state index in [2.05, 4.69) is 4.40 Å². The van der Waals surface area contributed by atoms with E-state index in [1.807, 2.05) is 11.0 Å². The molecule has 2 aliphatic rings. The number of sulfonamides is 1. The zero-order valence-electron chi connectivity index (χ0n) is 10.7. The van der Waals surface area contributed by atoms with Crippen LogP contribution in [0.15, 0.2) is 33.6 Å². The highest BCUT2D eigenvalue weighted by atomic mass is 32.2. The number of rotatable bonds is 1. The predicted octanol–water partition coefficient (Wildman–Crippen LogP) is 0.838. The zero-order valence-corrected chi connectivity index (χ0v) is 11.5. The lowest BCUT2D eigenvalue weighted by atomic mass is 10.0. The minimum absolute atomic E-state index is 0.179. The quantitative estimate of drug-likeness (QED) is 0.827. The minimum atomic E-state index is -3.55. The van der Waals surface area contributed by atoms with Gasteiger partial charge in [0.1, 0.15) is 4.90 Å². The van der Waals surface area contributed by atoms with Gasteiger partial charge in [0.25, 0.3) is 10.0 Å². The number of hydrogen-bond donors (Lipinski definition) is 1. The Morgan fingerprint density at radius 1 is 1.42 bits per heavy atom. The molecular formula is C13H16N2O3S. The first-order chi connectivity index (χ1) is 8.99. The molecule has 0 radical (unpaired) electrons. The summed E-state index contributed by atoms with van der Waals surface area (Å²) in [5, 5.41) is 9.63. The molecule has 1 fully saturated rings. The highest BCUT2D eigenvalue weighted by molar-refractivity contribution is 7.90. The van der Waals surface area contributed by atoms with Crippen LogP contribution in [0.1, 0.15) is 18.9 Å². The molecule has 0 aliphatic carbocycles. The van der Waals surface area contributed by atoms with Crippen LogP contribution in [0.5, 0.6) is 0 Å². The van der Waals surface area contributed by atoms with Crippen LogP contribution in [0.25, 0.3) is 0 Å². The molecule has 1 saturated heterocycles. The lowest BCUT2D eigenvalue weighted by Crippen LogP contribution is -2.30. The zero-order chi connectivity index (χ0) is 13.6. The summed E-state index contributed by atoms with van der Waals surface area (Å²) in [6.07, 6.45) is 0.484. The van der Waals surface area contributed by atoms with Gasteiger partial charge in [0.05, 0.1) is 6.10 Å². The molecule has 0 amide bonds. The van der Waals surface area contributed by atoms with Crippen molar-refractivity contribution in [2.24, 2.45) is 10.3 Å². The van der Waals surface area contributed by atoms with Crippen molar-refractivity contribution < 1.29 is 13.5 Å². The van der Waals surface area contributed by atoms with Crippen molar-refractivity contribution in [2.75, 3.05) is 13.1 Å². The molecule has 1 aromatic rings. The topological polar surface area (TPSA) is 70.0 Å². The average Bonchev–Trinajstić information content (AvgIpc) is 2.94. The van der Waals surface area contributed by atoms with E-state index in [-0.39, 0.29) is 16.9 Å². The molecule has 2 aliphatic heterocycles. The van der Waals surface area contributed by atoms with Gasteiger partial charge in [-0.15, -0.1) is 4.40 Å². The van der Waals surface area contributed by atoms with Gasteiger partial charge >= 0.3 is 0 Å². The van der Waals surface area contributed by atoms with E-state index in [9.17, 15) is 13.5 Å². The van der Waals surface area contributed by atoms with Crippen LogP contribution in [0, 0.1) is 5.92 Å². The summed E-state index contributed by atoms with van der Waals surface area (Å²) in [6, 6.07) is 6.90. The highest BCUT2D eigenvalue weighted by Crippen LogP contribution is 2.30. The van der Waals surface area contributed by atoms with Crippen molar-refractivity contribution in [2.45, 2.75) is 24.3 Å². The minimum Gasteiger partial charge on any atom is -0.393 e. The van der Waals surface area contributed by atoms with Gasteiger partial charge in [-0.3, -0.25) is 0 Å². The third-order valence-electron chi connectivity index (χ3n) is 3.82. The lowest BCUT2D eigenvalue weighted by molar-refractivity contribution is 0.132. The summed E-state index contributed by atoms with van der Waals surface area (Å²) >= 11 is 0. The van der Waals surface area contributed by atoms with Gasteiger partial charge < -0.3 is 10.0 Å². The van der Waals surface area contributed by atoms with Gasteiger partial charge in [0.2, 0.25) is 0 Å². The molecule has 2 atom stereocenters. The lowest BCUT2D eigenvalue weighted by Gasteiger charge is -2.19. The number of aliphatic hydroxyl groups excluding tert-OH is 1. The highest BCUT2D eigenvalue weighted by Gasteiger charge is 2.35. The maximum Gasteiger partial charge on any atom is 0.285 e. The van der Waals surface area contributed by atoms with Crippen molar-refractivity contribution in [1.82, 2.24) is 4.90 Å². The second-order valence-corrected chi connectivity index (χ2v) is 6.69.